The number of pyridine rings is 1. The molecule has 0 radical (unpaired) electrons. The highest BCUT2D eigenvalue weighted by molar-refractivity contribution is 5.72. The van der Waals surface area contributed by atoms with Gasteiger partial charge in [-0.3, -0.25) is 0 Å². The molecule has 184 valence electrons. The predicted molar refractivity (Wildman–Crippen MR) is 120 cm³/mol. The van der Waals surface area contributed by atoms with Gasteiger partial charge in [-0.15, -0.1) is 5.10 Å². The Morgan fingerprint density at radius 3 is 2.76 bits per heavy atom. The summed E-state index contributed by atoms with van der Waals surface area (Å²) < 4.78 is 18.4. The van der Waals surface area contributed by atoms with Gasteiger partial charge < -0.3 is 24.2 Å². The Morgan fingerprint density at radius 1 is 1.29 bits per heavy atom. The Kier molecular flexibility index (Phi) is 7.30. The number of rotatable bonds is 8. The van der Waals surface area contributed by atoms with Crippen LogP contribution in [0.15, 0.2) is 12.1 Å². The Bertz CT molecular complexity index is 1040. The van der Waals surface area contributed by atoms with Gasteiger partial charge in [0.25, 0.3) is 0 Å². The molecular formula is C23H31N5O6. The molecule has 0 aromatic carbocycles. The van der Waals surface area contributed by atoms with E-state index in [2.05, 4.69) is 15.3 Å². The van der Waals surface area contributed by atoms with Crippen molar-refractivity contribution in [2.75, 3.05) is 20.2 Å². The summed E-state index contributed by atoms with van der Waals surface area (Å²) in [4.78, 5) is 29.8. The van der Waals surface area contributed by atoms with Crippen LogP contribution >= 0.6 is 0 Å². The Balaban J connectivity index is 1.41. The lowest BCUT2D eigenvalue weighted by Gasteiger charge is -2.29. The highest BCUT2D eigenvalue weighted by atomic mass is 16.6. The number of hydrogen-bond acceptors (Lipinski definition) is 8. The van der Waals surface area contributed by atoms with Crippen LogP contribution in [0, 0.1) is 12.8 Å². The van der Waals surface area contributed by atoms with E-state index < -0.39 is 12.1 Å². The average Bonchev–Trinajstić information content (AvgIpc) is 3.16. The van der Waals surface area contributed by atoms with E-state index >= 15 is 0 Å². The number of amides is 1. The second-order valence-electron chi connectivity index (χ2n) is 8.98. The summed E-state index contributed by atoms with van der Waals surface area (Å²) in [6.07, 6.45) is 2.95. The number of hydrogen-bond donors (Lipinski definition) is 1. The van der Waals surface area contributed by atoms with E-state index in [0.29, 0.717) is 54.0 Å². The monoisotopic (exact) mass is 473 g/mol. The Hall–Kier alpha value is -3.21. The smallest absolute Gasteiger partial charge is 0.409 e. The molecule has 0 bridgehead atoms. The molecule has 0 unspecified atom stereocenters. The maximum absolute atomic E-state index is 12.4. The summed E-state index contributed by atoms with van der Waals surface area (Å²) in [5.41, 5.74) is 2.40. The molecule has 2 aromatic rings. The molecule has 2 aromatic heterocycles. The standard InChI is InChI=1S/C23H31N5O6/c1-14-19(34-16-9-10-32-20(11-16)22(29)30)8-7-17(24-14)21-18(28(3)26-25-21)13-33-23(31)27(2)12-15-5-4-6-15/h7-8,15-16,20H,4-6,9-13H2,1-3H3,(H,29,30)/t16-,20-/m0/s1. The molecule has 3 heterocycles. The molecule has 2 aliphatic rings. The van der Waals surface area contributed by atoms with Crippen LogP contribution in [0.4, 0.5) is 4.79 Å². The molecule has 11 heteroatoms. The van der Waals surface area contributed by atoms with Crippen molar-refractivity contribution in [3.05, 3.63) is 23.5 Å². The van der Waals surface area contributed by atoms with Gasteiger partial charge in [0.2, 0.25) is 0 Å². The molecule has 1 saturated heterocycles. The zero-order valence-corrected chi connectivity index (χ0v) is 19.8. The lowest BCUT2D eigenvalue weighted by Crippen LogP contribution is -2.37. The molecular weight excluding hydrogens is 442 g/mol. The maximum atomic E-state index is 12.4. The van der Waals surface area contributed by atoms with E-state index in [4.69, 9.17) is 14.2 Å². The molecule has 1 aliphatic heterocycles. The van der Waals surface area contributed by atoms with Crippen molar-refractivity contribution in [1.82, 2.24) is 24.9 Å². The minimum Gasteiger partial charge on any atom is -0.488 e. The van der Waals surface area contributed by atoms with Gasteiger partial charge >= 0.3 is 12.1 Å². The third-order valence-electron chi connectivity index (χ3n) is 6.43. The topological polar surface area (TPSA) is 129 Å². The van der Waals surface area contributed by atoms with E-state index in [1.165, 1.54) is 6.42 Å². The van der Waals surface area contributed by atoms with Crippen LogP contribution < -0.4 is 4.74 Å². The van der Waals surface area contributed by atoms with Crippen molar-refractivity contribution in [3.63, 3.8) is 0 Å². The van der Waals surface area contributed by atoms with Crippen molar-refractivity contribution >= 4 is 12.1 Å². The number of aromatic nitrogens is 4. The van der Waals surface area contributed by atoms with Crippen LogP contribution in [0.25, 0.3) is 11.4 Å². The van der Waals surface area contributed by atoms with Crippen molar-refractivity contribution in [3.8, 4) is 17.1 Å². The van der Waals surface area contributed by atoms with Crippen molar-refractivity contribution in [1.29, 1.82) is 0 Å². The molecule has 4 rings (SSSR count). The Morgan fingerprint density at radius 2 is 2.09 bits per heavy atom. The van der Waals surface area contributed by atoms with Crippen molar-refractivity contribution in [2.24, 2.45) is 13.0 Å². The summed E-state index contributed by atoms with van der Waals surface area (Å²) in [7, 11) is 3.50. The first-order valence-electron chi connectivity index (χ1n) is 11.6. The van der Waals surface area contributed by atoms with Crippen LogP contribution in [0.2, 0.25) is 0 Å². The summed E-state index contributed by atoms with van der Waals surface area (Å²) in [6, 6.07) is 3.56. The fourth-order valence-corrected chi connectivity index (χ4v) is 4.14. The summed E-state index contributed by atoms with van der Waals surface area (Å²) in [5, 5.41) is 17.5. The van der Waals surface area contributed by atoms with Crippen LogP contribution in [-0.2, 0) is 27.9 Å². The third kappa shape index (κ3) is 5.46. The third-order valence-corrected chi connectivity index (χ3v) is 6.43. The van der Waals surface area contributed by atoms with Gasteiger partial charge in [0, 0.05) is 33.5 Å². The molecule has 34 heavy (non-hydrogen) atoms. The fourth-order valence-electron chi connectivity index (χ4n) is 4.14. The summed E-state index contributed by atoms with van der Waals surface area (Å²) in [6.45, 7) is 2.89. The van der Waals surface area contributed by atoms with Crippen LogP contribution in [0.3, 0.4) is 0 Å². The first-order valence-corrected chi connectivity index (χ1v) is 11.6. The summed E-state index contributed by atoms with van der Waals surface area (Å²) >= 11 is 0. The first-order chi connectivity index (χ1) is 16.3. The van der Waals surface area contributed by atoms with Crippen LogP contribution in [0.5, 0.6) is 5.75 Å². The normalized spacial score (nSPS) is 20.4. The minimum atomic E-state index is -0.983. The van der Waals surface area contributed by atoms with Crippen molar-refractivity contribution < 1.29 is 28.9 Å². The number of carboxylic acids is 1. The van der Waals surface area contributed by atoms with Gasteiger partial charge in [0.15, 0.2) is 6.10 Å². The largest absolute Gasteiger partial charge is 0.488 e. The Labute approximate surface area is 198 Å². The molecule has 1 saturated carbocycles. The van der Waals surface area contributed by atoms with Gasteiger partial charge in [-0.25, -0.2) is 19.3 Å². The molecule has 0 spiro atoms. The maximum Gasteiger partial charge on any atom is 0.409 e. The van der Waals surface area contributed by atoms with Gasteiger partial charge in [-0.1, -0.05) is 11.6 Å². The second-order valence-corrected chi connectivity index (χ2v) is 8.98. The number of carbonyl (C=O) groups is 2. The minimum absolute atomic E-state index is 0.0320. The zero-order valence-electron chi connectivity index (χ0n) is 19.8. The number of aliphatic carboxylic acids is 1. The van der Waals surface area contributed by atoms with Gasteiger partial charge in [-0.2, -0.15) is 0 Å². The van der Waals surface area contributed by atoms with E-state index in [9.17, 15) is 14.7 Å². The zero-order chi connectivity index (χ0) is 24.2. The SMILES string of the molecule is Cc1nc(-c2nnn(C)c2COC(=O)N(C)CC2CCC2)ccc1O[C@H]1CCO[C@H](C(=O)O)C1. The lowest BCUT2D eigenvalue weighted by molar-refractivity contribution is -0.156. The number of carbonyl (C=O) groups excluding carboxylic acids is 1. The highest BCUT2D eigenvalue weighted by Gasteiger charge is 2.29. The average molecular weight is 474 g/mol. The van der Waals surface area contributed by atoms with Crippen LogP contribution in [0.1, 0.15) is 43.5 Å². The van der Waals surface area contributed by atoms with E-state index in [1.54, 1.807) is 35.8 Å². The number of aryl methyl sites for hydroxylation is 2. The second kappa shape index (κ2) is 10.4. The van der Waals surface area contributed by atoms with E-state index in [0.717, 1.165) is 12.8 Å². The van der Waals surface area contributed by atoms with E-state index in [1.807, 2.05) is 6.92 Å². The van der Waals surface area contributed by atoms with Crippen molar-refractivity contribution in [2.45, 2.75) is 57.8 Å². The number of nitrogens with zero attached hydrogens (tertiary/aromatic N) is 5. The molecule has 1 N–H and O–H groups in total. The molecule has 1 amide bonds. The van der Waals surface area contributed by atoms with Gasteiger partial charge in [-0.05, 0) is 37.8 Å². The molecule has 2 atom stereocenters. The molecule has 11 nitrogen and oxygen atoms in total. The van der Waals surface area contributed by atoms with Crippen LogP contribution in [-0.4, -0.2) is 74.5 Å². The van der Waals surface area contributed by atoms with Gasteiger partial charge in [0.1, 0.15) is 29.8 Å². The number of carboxylic acid groups (broad SMARTS) is 1. The molecule has 2 fully saturated rings. The van der Waals surface area contributed by atoms with Gasteiger partial charge in [0.05, 0.1) is 18.0 Å². The number of ether oxygens (including phenoxy) is 3. The lowest BCUT2D eigenvalue weighted by atomic mass is 9.85. The first kappa shape index (κ1) is 23.9. The highest BCUT2D eigenvalue weighted by Crippen LogP contribution is 2.28. The molecule has 1 aliphatic carbocycles. The van der Waals surface area contributed by atoms with E-state index in [-0.39, 0.29) is 25.2 Å². The fraction of sp³-hybridized carbons (Fsp3) is 0.609. The quantitative estimate of drug-likeness (QED) is 0.615. The predicted octanol–water partition coefficient (Wildman–Crippen LogP) is 2.57. The summed E-state index contributed by atoms with van der Waals surface area (Å²) in [5.74, 6) is 0.161.